The van der Waals surface area contributed by atoms with E-state index in [1.165, 1.54) is 6.07 Å². The molecule has 8 heteroatoms. The third kappa shape index (κ3) is 3.72. The van der Waals surface area contributed by atoms with Crippen LogP contribution in [0.4, 0.5) is 17.1 Å². The average Bonchev–Trinajstić information content (AvgIpc) is 2.74. The van der Waals surface area contributed by atoms with Crippen LogP contribution in [0.15, 0.2) is 82.5 Å². The summed E-state index contributed by atoms with van der Waals surface area (Å²) in [5, 5.41) is 17.9. The minimum absolute atomic E-state index is 0.0619. The Morgan fingerprint density at radius 3 is 2.61 bits per heavy atom. The summed E-state index contributed by atoms with van der Waals surface area (Å²) in [4.78, 5) is 17.3. The minimum atomic E-state index is -0.382. The van der Waals surface area contributed by atoms with Crippen molar-refractivity contribution in [3.05, 3.63) is 93.2 Å². The second kappa shape index (κ2) is 7.77. The van der Waals surface area contributed by atoms with Crippen LogP contribution in [0.1, 0.15) is 5.69 Å². The smallest absolute Gasteiger partial charge is 0.271 e. The van der Waals surface area contributed by atoms with Gasteiger partial charge >= 0.3 is 0 Å². The van der Waals surface area contributed by atoms with Crippen LogP contribution in [-0.4, -0.2) is 28.8 Å². The molecule has 1 aliphatic heterocycles. The van der Waals surface area contributed by atoms with Gasteiger partial charge in [-0.15, -0.1) is 0 Å². The maximum Gasteiger partial charge on any atom is 0.271 e. The highest BCUT2D eigenvalue weighted by Crippen LogP contribution is 2.30. The molecular weight excluding hydrogens is 422 g/mol. The predicted molar refractivity (Wildman–Crippen MR) is 113 cm³/mol. The Bertz CT molecular complexity index is 1040. The van der Waals surface area contributed by atoms with Gasteiger partial charge in [-0.2, -0.15) is 5.10 Å². The maximum atomic E-state index is 11.2. The molecule has 4 rings (SSSR count). The lowest BCUT2D eigenvalue weighted by atomic mass is 10.2. The molecule has 0 amide bonds. The number of nitro groups is 1. The lowest BCUT2D eigenvalue weighted by Gasteiger charge is -2.35. The molecule has 7 nitrogen and oxygen atoms in total. The first-order valence-corrected chi connectivity index (χ1v) is 9.41. The van der Waals surface area contributed by atoms with Crippen LogP contribution in [-0.2, 0) is 0 Å². The molecule has 0 saturated carbocycles. The van der Waals surface area contributed by atoms with Gasteiger partial charge in [0.1, 0.15) is 12.4 Å². The van der Waals surface area contributed by atoms with Crippen LogP contribution in [0.3, 0.4) is 0 Å². The number of halogens is 1. The normalized spacial score (nSPS) is 14.0. The molecule has 0 bridgehead atoms. The van der Waals surface area contributed by atoms with Crippen molar-refractivity contribution < 1.29 is 4.92 Å². The zero-order valence-corrected chi connectivity index (χ0v) is 16.4. The number of pyridine rings is 1. The van der Waals surface area contributed by atoms with Crippen LogP contribution in [0.25, 0.3) is 0 Å². The number of non-ortho nitro benzene ring substituents is 1. The van der Waals surface area contributed by atoms with Gasteiger partial charge in [-0.25, -0.2) is 5.01 Å². The SMILES string of the molecule is O=[N+]([O-])c1cccc(N2CC(c3ccccn3)=NN(c3ccccc3Br)C2)c1. The second-order valence-electron chi connectivity index (χ2n) is 6.23. The lowest BCUT2D eigenvalue weighted by Crippen LogP contribution is -2.44. The largest absolute Gasteiger partial charge is 0.346 e. The summed E-state index contributed by atoms with van der Waals surface area (Å²) in [7, 11) is 0. The molecule has 0 N–H and O–H groups in total. The fraction of sp³-hybridized carbons (Fsp3) is 0.100. The monoisotopic (exact) mass is 437 g/mol. The molecule has 0 fully saturated rings. The number of hydrogen-bond acceptors (Lipinski definition) is 6. The van der Waals surface area contributed by atoms with Gasteiger partial charge in [0.25, 0.3) is 5.69 Å². The van der Waals surface area contributed by atoms with Crippen LogP contribution in [0.2, 0.25) is 0 Å². The predicted octanol–water partition coefficient (Wildman–Crippen LogP) is 4.44. The van der Waals surface area contributed by atoms with E-state index < -0.39 is 0 Å². The molecule has 0 radical (unpaired) electrons. The average molecular weight is 438 g/mol. The molecule has 2 aromatic carbocycles. The molecule has 3 aromatic rings. The van der Waals surface area contributed by atoms with E-state index in [0.29, 0.717) is 13.2 Å². The van der Waals surface area contributed by atoms with Crippen LogP contribution < -0.4 is 9.91 Å². The first-order chi connectivity index (χ1) is 13.6. The molecular formula is C20H16BrN5O2. The summed E-state index contributed by atoms with van der Waals surface area (Å²) >= 11 is 3.58. The Labute approximate surface area is 170 Å². The summed E-state index contributed by atoms with van der Waals surface area (Å²) in [6, 6.07) is 20.1. The fourth-order valence-electron chi connectivity index (χ4n) is 3.03. The highest BCUT2D eigenvalue weighted by molar-refractivity contribution is 9.10. The summed E-state index contributed by atoms with van der Waals surface area (Å²) in [6.07, 6.45) is 1.73. The summed E-state index contributed by atoms with van der Waals surface area (Å²) in [5.74, 6) is 0. The fourth-order valence-corrected chi connectivity index (χ4v) is 3.52. The van der Waals surface area contributed by atoms with Crippen molar-refractivity contribution in [2.45, 2.75) is 0 Å². The topological polar surface area (TPSA) is 74.9 Å². The molecule has 1 aliphatic rings. The van der Waals surface area contributed by atoms with Gasteiger partial charge in [0.2, 0.25) is 0 Å². The zero-order valence-electron chi connectivity index (χ0n) is 14.8. The van der Waals surface area contributed by atoms with Gasteiger partial charge in [0.15, 0.2) is 0 Å². The van der Waals surface area contributed by atoms with Crippen molar-refractivity contribution in [2.24, 2.45) is 5.10 Å². The number of hydrogen-bond donors (Lipinski definition) is 0. The number of rotatable bonds is 4. The lowest BCUT2D eigenvalue weighted by molar-refractivity contribution is -0.384. The van der Waals surface area contributed by atoms with Gasteiger partial charge in [-0.05, 0) is 46.3 Å². The highest BCUT2D eigenvalue weighted by Gasteiger charge is 2.24. The van der Waals surface area contributed by atoms with E-state index in [1.807, 2.05) is 58.4 Å². The Morgan fingerprint density at radius 2 is 1.86 bits per heavy atom. The molecule has 2 heterocycles. The molecule has 0 aliphatic carbocycles. The van der Waals surface area contributed by atoms with E-state index >= 15 is 0 Å². The number of benzene rings is 2. The first-order valence-electron chi connectivity index (χ1n) is 8.62. The molecule has 140 valence electrons. The Kier molecular flexibility index (Phi) is 5.03. The summed E-state index contributed by atoms with van der Waals surface area (Å²) < 4.78 is 0.917. The molecule has 0 saturated heterocycles. The van der Waals surface area contributed by atoms with E-state index in [2.05, 4.69) is 20.9 Å². The standard InChI is InChI=1S/C20H16BrN5O2/c21-17-8-1-2-10-20(17)25-14-24(15-6-5-7-16(12-15)26(27)28)13-19(23-25)18-9-3-4-11-22-18/h1-12H,13-14H2. The third-order valence-corrected chi connectivity index (χ3v) is 5.05. The molecule has 0 spiro atoms. The number of nitrogens with zero attached hydrogens (tertiary/aromatic N) is 5. The number of aromatic nitrogens is 1. The van der Waals surface area contributed by atoms with Gasteiger partial charge in [0.05, 0.1) is 22.8 Å². The van der Waals surface area contributed by atoms with E-state index in [9.17, 15) is 10.1 Å². The first kappa shape index (κ1) is 18.1. The van der Waals surface area contributed by atoms with Crippen molar-refractivity contribution in [2.75, 3.05) is 23.1 Å². The Hall–Kier alpha value is -3.26. The van der Waals surface area contributed by atoms with E-state index in [-0.39, 0.29) is 10.6 Å². The summed E-state index contributed by atoms with van der Waals surface area (Å²) in [6.45, 7) is 0.958. The molecule has 0 unspecified atom stereocenters. The molecule has 1 aromatic heterocycles. The van der Waals surface area contributed by atoms with Crippen molar-refractivity contribution in [1.82, 2.24) is 4.98 Å². The highest BCUT2D eigenvalue weighted by atomic mass is 79.9. The maximum absolute atomic E-state index is 11.2. The zero-order chi connectivity index (χ0) is 19.5. The molecule has 0 atom stereocenters. The third-order valence-electron chi connectivity index (χ3n) is 4.38. The Balaban J connectivity index is 1.76. The number of hydrazone groups is 1. The van der Waals surface area contributed by atoms with Gasteiger partial charge in [-0.3, -0.25) is 15.1 Å². The van der Waals surface area contributed by atoms with E-state index in [4.69, 9.17) is 5.10 Å². The van der Waals surface area contributed by atoms with Crippen LogP contribution in [0.5, 0.6) is 0 Å². The summed E-state index contributed by atoms with van der Waals surface area (Å²) in [5.41, 5.74) is 3.29. The van der Waals surface area contributed by atoms with Crippen molar-refractivity contribution in [1.29, 1.82) is 0 Å². The van der Waals surface area contributed by atoms with E-state index in [0.717, 1.165) is 27.3 Å². The number of anilines is 2. The second-order valence-corrected chi connectivity index (χ2v) is 7.08. The van der Waals surface area contributed by atoms with Crippen LogP contribution in [0, 0.1) is 10.1 Å². The van der Waals surface area contributed by atoms with Crippen molar-refractivity contribution in [3.63, 3.8) is 0 Å². The van der Waals surface area contributed by atoms with E-state index in [1.54, 1.807) is 18.3 Å². The van der Waals surface area contributed by atoms with Crippen molar-refractivity contribution in [3.8, 4) is 0 Å². The van der Waals surface area contributed by atoms with Gasteiger partial charge in [-0.1, -0.05) is 24.3 Å². The number of nitro benzene ring substituents is 1. The van der Waals surface area contributed by atoms with Crippen LogP contribution >= 0.6 is 15.9 Å². The minimum Gasteiger partial charge on any atom is -0.346 e. The van der Waals surface area contributed by atoms with Gasteiger partial charge < -0.3 is 4.90 Å². The molecule has 28 heavy (non-hydrogen) atoms. The Morgan fingerprint density at radius 1 is 1.04 bits per heavy atom. The number of para-hydroxylation sites is 1. The van der Waals surface area contributed by atoms with Crippen molar-refractivity contribution >= 4 is 38.7 Å². The quantitative estimate of drug-likeness (QED) is 0.445. The van der Waals surface area contributed by atoms with Gasteiger partial charge in [0, 0.05) is 28.5 Å².